The van der Waals surface area contributed by atoms with Gasteiger partial charge in [-0.2, -0.15) is 5.10 Å². The highest BCUT2D eigenvalue weighted by Crippen LogP contribution is 2.33. The third-order valence-corrected chi connectivity index (χ3v) is 5.47. The highest BCUT2D eigenvalue weighted by Gasteiger charge is 2.15. The minimum absolute atomic E-state index is 0.0774. The van der Waals surface area contributed by atoms with Crippen LogP contribution in [0.1, 0.15) is 18.2 Å². The van der Waals surface area contributed by atoms with Crippen molar-refractivity contribution in [2.75, 3.05) is 6.26 Å². The lowest BCUT2D eigenvalue weighted by molar-refractivity contribution is 0.432. The summed E-state index contributed by atoms with van der Waals surface area (Å²) < 4.78 is 38.8. The van der Waals surface area contributed by atoms with Crippen molar-refractivity contribution in [3.63, 3.8) is 0 Å². The summed E-state index contributed by atoms with van der Waals surface area (Å²) >= 11 is 0. The second-order valence-corrected chi connectivity index (χ2v) is 8.81. The molecule has 0 unspecified atom stereocenters. The van der Waals surface area contributed by atoms with E-state index >= 15 is 0 Å². The van der Waals surface area contributed by atoms with E-state index in [1.165, 1.54) is 12.1 Å². The number of aryl methyl sites for hydroxylation is 1. The SMILES string of the molecule is CCc1cc(O)c(F)cc1-c1ccc2c(-c3nc(CNS(C)(=O)=O)c[nH]3)n[nH]c2c1. The first-order valence-electron chi connectivity index (χ1n) is 9.24. The van der Waals surface area contributed by atoms with Crippen LogP contribution in [0.5, 0.6) is 5.75 Å². The van der Waals surface area contributed by atoms with Gasteiger partial charge in [-0.05, 0) is 47.4 Å². The monoisotopic (exact) mass is 429 g/mol. The van der Waals surface area contributed by atoms with Crippen LogP contribution in [0.25, 0.3) is 33.5 Å². The van der Waals surface area contributed by atoms with Gasteiger partial charge in [-0.15, -0.1) is 0 Å². The van der Waals surface area contributed by atoms with Crippen LogP contribution < -0.4 is 4.72 Å². The summed E-state index contributed by atoms with van der Waals surface area (Å²) in [6.07, 6.45) is 3.35. The molecule has 0 saturated heterocycles. The Hall–Kier alpha value is -3.24. The number of hydrogen-bond acceptors (Lipinski definition) is 5. The number of aromatic nitrogens is 4. The van der Waals surface area contributed by atoms with E-state index in [0.717, 1.165) is 28.3 Å². The maximum atomic E-state index is 13.9. The number of benzene rings is 2. The molecule has 30 heavy (non-hydrogen) atoms. The average Bonchev–Trinajstić information content (AvgIpc) is 3.33. The van der Waals surface area contributed by atoms with Crippen molar-refractivity contribution >= 4 is 20.9 Å². The van der Waals surface area contributed by atoms with Gasteiger partial charge in [-0.3, -0.25) is 5.10 Å². The highest BCUT2D eigenvalue weighted by atomic mass is 32.2. The van der Waals surface area contributed by atoms with Crippen molar-refractivity contribution in [2.45, 2.75) is 19.9 Å². The summed E-state index contributed by atoms with van der Waals surface area (Å²) in [5.41, 5.74) is 4.21. The van der Waals surface area contributed by atoms with Crippen LogP contribution in [-0.2, 0) is 23.0 Å². The molecule has 0 atom stereocenters. The van der Waals surface area contributed by atoms with E-state index in [4.69, 9.17) is 0 Å². The van der Waals surface area contributed by atoms with Crippen molar-refractivity contribution < 1.29 is 17.9 Å². The topological polar surface area (TPSA) is 124 Å². The maximum Gasteiger partial charge on any atom is 0.209 e. The van der Waals surface area contributed by atoms with Gasteiger partial charge in [-0.1, -0.05) is 13.0 Å². The molecule has 0 bridgehead atoms. The number of H-pyrrole nitrogens is 2. The summed E-state index contributed by atoms with van der Waals surface area (Å²) in [6.45, 7) is 2.02. The van der Waals surface area contributed by atoms with Crippen molar-refractivity contribution in [1.82, 2.24) is 24.9 Å². The molecule has 4 N–H and O–H groups in total. The molecule has 0 aliphatic heterocycles. The number of rotatable bonds is 6. The number of sulfonamides is 1. The highest BCUT2D eigenvalue weighted by molar-refractivity contribution is 7.88. The van der Waals surface area contributed by atoms with Gasteiger partial charge in [0.05, 0.1) is 24.0 Å². The van der Waals surface area contributed by atoms with E-state index < -0.39 is 15.8 Å². The Kier molecular flexibility index (Phi) is 5.04. The molecule has 4 rings (SSSR count). The van der Waals surface area contributed by atoms with Crippen LogP contribution in [-0.4, -0.2) is 39.9 Å². The molecule has 2 aromatic carbocycles. The number of hydrogen-bond donors (Lipinski definition) is 4. The molecule has 2 heterocycles. The quantitative estimate of drug-likeness (QED) is 0.375. The van der Waals surface area contributed by atoms with E-state index in [2.05, 4.69) is 24.9 Å². The van der Waals surface area contributed by atoms with Gasteiger partial charge in [-0.25, -0.2) is 22.5 Å². The molecular formula is C20H20FN5O3S. The Balaban J connectivity index is 1.69. The average molecular weight is 429 g/mol. The van der Waals surface area contributed by atoms with E-state index in [9.17, 15) is 17.9 Å². The molecule has 2 aromatic heterocycles. The number of phenols is 1. The number of fused-ring (bicyclic) bond motifs is 1. The smallest absolute Gasteiger partial charge is 0.209 e. The lowest BCUT2D eigenvalue weighted by Crippen LogP contribution is -2.21. The van der Waals surface area contributed by atoms with Gasteiger partial charge in [0.1, 0.15) is 5.69 Å². The molecule has 0 saturated carbocycles. The van der Waals surface area contributed by atoms with E-state index in [-0.39, 0.29) is 12.3 Å². The van der Waals surface area contributed by atoms with Crippen molar-refractivity contribution in [2.24, 2.45) is 0 Å². The predicted molar refractivity (Wildman–Crippen MR) is 112 cm³/mol. The first kappa shape index (κ1) is 20.0. The Morgan fingerprint density at radius 3 is 2.77 bits per heavy atom. The first-order chi connectivity index (χ1) is 14.2. The largest absolute Gasteiger partial charge is 0.505 e. The van der Waals surface area contributed by atoms with Crippen LogP contribution >= 0.6 is 0 Å². The van der Waals surface area contributed by atoms with Crippen LogP contribution in [0, 0.1) is 5.82 Å². The zero-order valence-electron chi connectivity index (χ0n) is 16.3. The lowest BCUT2D eigenvalue weighted by atomic mass is 9.96. The van der Waals surface area contributed by atoms with Gasteiger partial charge in [0.25, 0.3) is 0 Å². The fourth-order valence-electron chi connectivity index (χ4n) is 3.31. The van der Waals surface area contributed by atoms with Crippen molar-refractivity contribution in [3.05, 3.63) is 53.6 Å². The van der Waals surface area contributed by atoms with Crippen molar-refractivity contribution in [3.8, 4) is 28.4 Å². The minimum atomic E-state index is -3.31. The van der Waals surface area contributed by atoms with Gasteiger partial charge in [0.2, 0.25) is 10.0 Å². The van der Waals surface area contributed by atoms with Crippen LogP contribution in [0.2, 0.25) is 0 Å². The fourth-order valence-corrected chi connectivity index (χ4v) is 3.72. The van der Waals surface area contributed by atoms with E-state index in [1.807, 2.05) is 25.1 Å². The molecule has 0 aliphatic rings. The third kappa shape index (κ3) is 3.91. The van der Waals surface area contributed by atoms with Crippen LogP contribution in [0.3, 0.4) is 0 Å². The minimum Gasteiger partial charge on any atom is -0.505 e. The number of imidazole rings is 1. The van der Waals surface area contributed by atoms with E-state index in [1.54, 1.807) is 6.20 Å². The van der Waals surface area contributed by atoms with Gasteiger partial charge in [0, 0.05) is 11.6 Å². The van der Waals surface area contributed by atoms with Gasteiger partial charge >= 0.3 is 0 Å². The summed E-state index contributed by atoms with van der Waals surface area (Å²) in [4.78, 5) is 7.40. The summed E-state index contributed by atoms with van der Waals surface area (Å²) in [6, 6.07) is 8.38. The molecular weight excluding hydrogens is 409 g/mol. The first-order valence-corrected chi connectivity index (χ1v) is 11.1. The molecule has 0 spiro atoms. The van der Waals surface area contributed by atoms with Crippen LogP contribution in [0.4, 0.5) is 4.39 Å². The fraction of sp³-hybridized carbons (Fsp3) is 0.200. The Morgan fingerprint density at radius 1 is 1.23 bits per heavy atom. The molecule has 8 nitrogen and oxygen atoms in total. The second kappa shape index (κ2) is 7.54. The predicted octanol–water partition coefficient (Wildman–Crippen LogP) is 3.08. The number of nitrogens with one attached hydrogen (secondary N) is 3. The summed E-state index contributed by atoms with van der Waals surface area (Å²) in [7, 11) is -3.31. The molecule has 0 radical (unpaired) electrons. The molecule has 10 heteroatoms. The molecule has 156 valence electrons. The summed E-state index contributed by atoms with van der Waals surface area (Å²) in [5, 5.41) is 17.7. The molecule has 0 amide bonds. The number of aromatic amines is 2. The van der Waals surface area contributed by atoms with Gasteiger partial charge in [0.15, 0.2) is 17.4 Å². The third-order valence-electron chi connectivity index (χ3n) is 4.80. The van der Waals surface area contributed by atoms with Crippen LogP contribution in [0.15, 0.2) is 36.5 Å². The standard InChI is InChI=1S/C20H20FN5O3S/c1-3-11-7-18(27)16(21)8-15(11)12-4-5-14-17(6-12)25-26-19(14)20-22-9-13(24-20)10-23-30(2,28)29/h4-9,23,27H,3,10H2,1-2H3,(H,22,24)(H,25,26). The van der Waals surface area contributed by atoms with E-state index in [0.29, 0.717) is 29.2 Å². The Bertz CT molecular complexity index is 1340. The number of halogens is 1. The normalized spacial score (nSPS) is 12.0. The zero-order valence-corrected chi connectivity index (χ0v) is 17.1. The Labute approximate surface area is 172 Å². The van der Waals surface area contributed by atoms with Crippen molar-refractivity contribution in [1.29, 1.82) is 0 Å². The number of nitrogens with zero attached hydrogens (tertiary/aromatic N) is 2. The second-order valence-electron chi connectivity index (χ2n) is 6.98. The zero-order chi connectivity index (χ0) is 21.5. The number of aromatic hydroxyl groups is 1. The molecule has 0 fully saturated rings. The number of phenolic OH excluding ortho intramolecular Hbond substituents is 1. The van der Waals surface area contributed by atoms with Gasteiger partial charge < -0.3 is 10.1 Å². The Morgan fingerprint density at radius 2 is 2.03 bits per heavy atom. The maximum absolute atomic E-state index is 13.9. The molecule has 0 aliphatic carbocycles. The lowest BCUT2D eigenvalue weighted by Gasteiger charge is -2.10. The molecule has 4 aromatic rings. The summed E-state index contributed by atoms with van der Waals surface area (Å²) in [5.74, 6) is -0.526.